The fourth-order valence-corrected chi connectivity index (χ4v) is 4.03. The first-order valence-electron chi connectivity index (χ1n) is 11.5. The van der Waals surface area contributed by atoms with E-state index >= 15 is 0 Å². The van der Waals surface area contributed by atoms with Gasteiger partial charge in [0.1, 0.15) is 17.3 Å². The minimum absolute atomic E-state index is 0.0478. The van der Waals surface area contributed by atoms with Gasteiger partial charge in [-0.25, -0.2) is 4.79 Å². The number of nitrogens with two attached hydrogens (primary N) is 1. The van der Waals surface area contributed by atoms with Crippen LogP contribution in [0.25, 0.3) is 10.8 Å². The number of ketones is 1. The molecule has 6 heteroatoms. The maximum absolute atomic E-state index is 13.0. The van der Waals surface area contributed by atoms with Crippen molar-refractivity contribution in [3.63, 3.8) is 0 Å². The van der Waals surface area contributed by atoms with Gasteiger partial charge in [0, 0.05) is 30.7 Å². The van der Waals surface area contributed by atoms with Gasteiger partial charge in [0.05, 0.1) is 5.92 Å². The van der Waals surface area contributed by atoms with Crippen molar-refractivity contribution >= 4 is 22.5 Å². The number of aryl methyl sites for hydroxylation is 2. The Morgan fingerprint density at radius 3 is 2.49 bits per heavy atom. The number of rotatable bonds is 9. The molecule has 3 aromatic carbocycles. The van der Waals surface area contributed by atoms with Crippen LogP contribution in [0, 0.1) is 13.8 Å². The molecule has 0 saturated heterocycles. The number of carbonyl (C=O) groups excluding carboxylic acids is 2. The number of esters is 1. The lowest BCUT2D eigenvalue weighted by Crippen LogP contribution is -2.23. The third-order valence-corrected chi connectivity index (χ3v) is 5.90. The number of Topliss-reactive ketones (excluding diaryl/α,β-unsaturated/α-hetero) is 1. The van der Waals surface area contributed by atoms with Gasteiger partial charge >= 0.3 is 5.97 Å². The molecule has 1 aromatic heterocycles. The molecule has 0 spiro atoms. The molecule has 0 aliphatic carbocycles. The van der Waals surface area contributed by atoms with Crippen LogP contribution in [0.5, 0.6) is 11.5 Å². The summed E-state index contributed by atoms with van der Waals surface area (Å²) < 4.78 is 11.0. The van der Waals surface area contributed by atoms with E-state index in [0.717, 1.165) is 33.0 Å². The van der Waals surface area contributed by atoms with Crippen LogP contribution in [0.2, 0.25) is 0 Å². The first-order chi connectivity index (χ1) is 16.9. The van der Waals surface area contributed by atoms with Gasteiger partial charge in [-0.3, -0.25) is 9.78 Å². The molecule has 1 heterocycles. The summed E-state index contributed by atoms with van der Waals surface area (Å²) in [5.41, 5.74) is 9.70. The molecule has 0 bridgehead atoms. The summed E-state index contributed by atoms with van der Waals surface area (Å²) in [5.74, 6) is 0.171. The summed E-state index contributed by atoms with van der Waals surface area (Å²) in [5, 5.41) is 2.08. The van der Waals surface area contributed by atoms with Crippen molar-refractivity contribution < 1.29 is 19.1 Å². The van der Waals surface area contributed by atoms with Crippen molar-refractivity contribution in [3.8, 4) is 11.5 Å². The van der Waals surface area contributed by atoms with Crippen LogP contribution in [0.3, 0.4) is 0 Å². The van der Waals surface area contributed by atoms with Gasteiger partial charge < -0.3 is 15.2 Å². The highest BCUT2D eigenvalue weighted by atomic mass is 16.6. The second kappa shape index (κ2) is 10.9. The second-order valence-corrected chi connectivity index (χ2v) is 8.59. The van der Waals surface area contributed by atoms with Crippen LogP contribution in [-0.4, -0.2) is 29.9 Å². The van der Waals surface area contributed by atoms with Gasteiger partial charge in [0.25, 0.3) is 0 Å². The molecule has 0 aliphatic rings. The maximum atomic E-state index is 13.0. The number of pyridine rings is 1. The van der Waals surface area contributed by atoms with Crippen LogP contribution in [0.15, 0.2) is 79.1 Å². The number of carbonyl (C=O) groups is 2. The summed E-state index contributed by atoms with van der Waals surface area (Å²) in [6.07, 6.45) is 3.84. The minimum atomic E-state index is -0.484. The van der Waals surface area contributed by atoms with E-state index in [0.29, 0.717) is 17.9 Å². The van der Waals surface area contributed by atoms with Crippen LogP contribution in [0.1, 0.15) is 28.2 Å². The Balaban J connectivity index is 1.35. The van der Waals surface area contributed by atoms with Crippen LogP contribution in [0.4, 0.5) is 0 Å². The zero-order valence-electron chi connectivity index (χ0n) is 19.9. The maximum Gasteiger partial charge on any atom is 0.349 e. The van der Waals surface area contributed by atoms with Gasteiger partial charge in [0.2, 0.25) is 0 Å². The Morgan fingerprint density at radius 1 is 0.943 bits per heavy atom. The van der Waals surface area contributed by atoms with Crippen LogP contribution >= 0.6 is 0 Å². The van der Waals surface area contributed by atoms with Gasteiger partial charge in [-0.15, -0.1) is 0 Å². The second-order valence-electron chi connectivity index (χ2n) is 8.59. The lowest BCUT2D eigenvalue weighted by Gasteiger charge is -2.15. The Morgan fingerprint density at radius 2 is 1.74 bits per heavy atom. The number of nitrogens with zero attached hydrogens (tertiary/aromatic N) is 1. The quantitative estimate of drug-likeness (QED) is 0.283. The predicted molar refractivity (Wildman–Crippen MR) is 136 cm³/mol. The molecule has 35 heavy (non-hydrogen) atoms. The van der Waals surface area contributed by atoms with Gasteiger partial charge in [0.15, 0.2) is 6.61 Å². The van der Waals surface area contributed by atoms with E-state index in [-0.39, 0.29) is 18.9 Å². The SMILES string of the molecule is Cc1ccc(OC(=O)COc2ccc(C(CN)C(=O)Cc3ccc4cnccc4c3)cc2)c(C)c1. The van der Waals surface area contributed by atoms with E-state index in [1.807, 2.05) is 62.4 Å². The molecule has 0 amide bonds. The summed E-state index contributed by atoms with van der Waals surface area (Å²) in [6, 6.07) is 20.6. The van der Waals surface area contributed by atoms with E-state index in [1.165, 1.54) is 0 Å². The average molecular weight is 469 g/mol. The van der Waals surface area contributed by atoms with E-state index in [4.69, 9.17) is 15.2 Å². The van der Waals surface area contributed by atoms with E-state index in [9.17, 15) is 9.59 Å². The number of benzene rings is 3. The van der Waals surface area contributed by atoms with E-state index < -0.39 is 11.9 Å². The smallest absolute Gasteiger partial charge is 0.349 e. The molecular weight excluding hydrogens is 440 g/mol. The van der Waals surface area contributed by atoms with Gasteiger partial charge in [-0.2, -0.15) is 0 Å². The highest BCUT2D eigenvalue weighted by molar-refractivity contribution is 5.89. The first kappa shape index (κ1) is 24.1. The zero-order valence-corrected chi connectivity index (χ0v) is 19.9. The highest BCUT2D eigenvalue weighted by Gasteiger charge is 2.20. The lowest BCUT2D eigenvalue weighted by molar-refractivity contribution is -0.136. The molecule has 0 fully saturated rings. The van der Waals surface area contributed by atoms with E-state index in [1.54, 1.807) is 30.6 Å². The molecular formula is C29H28N2O4. The summed E-state index contributed by atoms with van der Waals surface area (Å²) in [6.45, 7) is 3.86. The summed E-state index contributed by atoms with van der Waals surface area (Å²) >= 11 is 0. The Labute approximate surface area is 204 Å². The standard InChI is InChI=1S/C29H28N2O4/c1-19-3-10-28(20(2)13-19)35-29(33)18-34-25-8-6-22(7-9-25)26(16-30)27(32)15-21-4-5-24-17-31-12-11-23(24)14-21/h3-14,17,26H,15-16,18,30H2,1-2H3. The Kier molecular flexibility index (Phi) is 7.53. The highest BCUT2D eigenvalue weighted by Crippen LogP contribution is 2.23. The van der Waals surface area contributed by atoms with Crippen molar-refractivity contribution in [1.82, 2.24) is 4.98 Å². The van der Waals surface area contributed by atoms with Crippen molar-refractivity contribution in [2.24, 2.45) is 5.73 Å². The van der Waals surface area contributed by atoms with Crippen molar-refractivity contribution in [2.45, 2.75) is 26.2 Å². The predicted octanol–water partition coefficient (Wildman–Crippen LogP) is 4.69. The Hall–Kier alpha value is -4.03. The summed E-state index contributed by atoms with van der Waals surface area (Å²) in [4.78, 5) is 29.3. The van der Waals surface area contributed by atoms with Crippen molar-refractivity contribution in [2.75, 3.05) is 13.2 Å². The van der Waals surface area contributed by atoms with Crippen LogP contribution < -0.4 is 15.2 Å². The number of aromatic nitrogens is 1. The molecule has 4 rings (SSSR count). The molecule has 2 N–H and O–H groups in total. The number of fused-ring (bicyclic) bond motifs is 1. The number of hydrogen-bond acceptors (Lipinski definition) is 6. The normalized spacial score (nSPS) is 11.7. The van der Waals surface area contributed by atoms with E-state index in [2.05, 4.69) is 4.98 Å². The molecule has 178 valence electrons. The van der Waals surface area contributed by atoms with Gasteiger partial charge in [-0.1, -0.05) is 48.0 Å². The fraction of sp³-hybridized carbons (Fsp3) is 0.207. The molecule has 0 aliphatic heterocycles. The molecule has 1 atom stereocenters. The number of ether oxygens (including phenoxy) is 2. The topological polar surface area (TPSA) is 91.5 Å². The monoisotopic (exact) mass is 468 g/mol. The zero-order chi connectivity index (χ0) is 24.8. The number of hydrogen-bond donors (Lipinski definition) is 1. The summed E-state index contributed by atoms with van der Waals surface area (Å²) in [7, 11) is 0. The molecule has 6 nitrogen and oxygen atoms in total. The minimum Gasteiger partial charge on any atom is -0.482 e. The van der Waals surface area contributed by atoms with Gasteiger partial charge in [-0.05, 0) is 60.2 Å². The molecule has 4 aromatic rings. The average Bonchev–Trinajstić information content (AvgIpc) is 2.85. The Bertz CT molecular complexity index is 1350. The molecule has 1 unspecified atom stereocenters. The third-order valence-electron chi connectivity index (χ3n) is 5.90. The lowest BCUT2D eigenvalue weighted by atomic mass is 9.90. The molecule has 0 radical (unpaired) electrons. The van der Waals surface area contributed by atoms with Crippen LogP contribution in [-0.2, 0) is 16.0 Å². The van der Waals surface area contributed by atoms with Crippen molar-refractivity contribution in [1.29, 1.82) is 0 Å². The molecule has 0 saturated carbocycles. The fourth-order valence-electron chi connectivity index (χ4n) is 4.03. The largest absolute Gasteiger partial charge is 0.482 e. The third kappa shape index (κ3) is 6.11. The van der Waals surface area contributed by atoms with Crippen molar-refractivity contribution in [3.05, 3.63) is 101 Å². The first-order valence-corrected chi connectivity index (χ1v) is 11.5.